The van der Waals surface area contributed by atoms with Crippen molar-refractivity contribution in [2.24, 2.45) is 0 Å². The number of rotatable bonds is 1. The molecular weight excluding hydrogens is 238 g/mol. The van der Waals surface area contributed by atoms with Crippen molar-refractivity contribution in [3.63, 3.8) is 0 Å². The van der Waals surface area contributed by atoms with Crippen LogP contribution in [0.3, 0.4) is 0 Å². The van der Waals surface area contributed by atoms with Gasteiger partial charge < -0.3 is 10.2 Å². The minimum Gasteiger partial charge on any atom is -0.618 e. The van der Waals surface area contributed by atoms with E-state index in [2.05, 4.69) is 9.97 Å². The molecule has 1 fully saturated rings. The lowest BCUT2D eigenvalue weighted by molar-refractivity contribution is -0.575. The molecule has 0 spiro atoms. The Morgan fingerprint density at radius 1 is 1.21 bits per heavy atom. The topological polar surface area (TPSA) is 55.6 Å². The van der Waals surface area contributed by atoms with E-state index in [-0.39, 0.29) is 0 Å². The highest BCUT2D eigenvalue weighted by Gasteiger charge is 2.22. The van der Waals surface area contributed by atoms with Crippen molar-refractivity contribution < 1.29 is 4.73 Å². The third-order valence-corrected chi connectivity index (χ3v) is 4.14. The summed E-state index contributed by atoms with van der Waals surface area (Å²) in [5, 5.41) is 12.9. The van der Waals surface area contributed by atoms with Crippen molar-refractivity contribution in [1.82, 2.24) is 9.97 Å². The fourth-order valence-corrected chi connectivity index (χ4v) is 3.15. The van der Waals surface area contributed by atoms with Gasteiger partial charge in [0, 0.05) is 12.0 Å². The van der Waals surface area contributed by atoms with Crippen LogP contribution >= 0.6 is 0 Å². The molecule has 0 radical (unpaired) electrons. The SMILES string of the molecule is [O-][n+]1cc2nc(C3CCCC3)[nH]c2c2ccccc21. The molecule has 1 N–H and O–H groups in total. The van der Waals surface area contributed by atoms with Crippen molar-refractivity contribution in [2.75, 3.05) is 0 Å². The first-order chi connectivity index (χ1) is 9.33. The number of pyridine rings is 1. The first-order valence-electron chi connectivity index (χ1n) is 6.83. The molecule has 2 heterocycles. The fourth-order valence-electron chi connectivity index (χ4n) is 3.15. The number of fused-ring (bicyclic) bond motifs is 3. The van der Waals surface area contributed by atoms with Crippen molar-refractivity contribution in [1.29, 1.82) is 0 Å². The summed E-state index contributed by atoms with van der Waals surface area (Å²) in [7, 11) is 0. The van der Waals surface area contributed by atoms with Gasteiger partial charge in [-0.05, 0) is 18.9 Å². The molecule has 0 amide bonds. The Labute approximate surface area is 110 Å². The predicted molar refractivity (Wildman–Crippen MR) is 73.8 cm³/mol. The standard InChI is InChI=1S/C15H15N3O/c19-18-9-12-14(11-7-3-4-8-13(11)18)17-15(16-12)10-5-1-2-6-10/h3-4,7-10H,1-2,5-6H2,(H,16,17). The molecule has 0 saturated heterocycles. The van der Waals surface area contributed by atoms with Crippen LogP contribution in [0, 0.1) is 5.21 Å². The number of aromatic amines is 1. The lowest BCUT2D eigenvalue weighted by Crippen LogP contribution is -2.26. The van der Waals surface area contributed by atoms with Crippen LogP contribution in [0.15, 0.2) is 30.5 Å². The lowest BCUT2D eigenvalue weighted by atomic mass is 10.1. The van der Waals surface area contributed by atoms with Crippen LogP contribution in [-0.4, -0.2) is 9.97 Å². The van der Waals surface area contributed by atoms with Gasteiger partial charge in [-0.15, -0.1) is 0 Å². The molecule has 1 aliphatic rings. The quantitative estimate of drug-likeness (QED) is 0.535. The molecule has 0 bridgehead atoms. The molecule has 4 heteroatoms. The Bertz CT molecular complexity index is 757. The van der Waals surface area contributed by atoms with Gasteiger partial charge in [-0.3, -0.25) is 0 Å². The molecule has 96 valence electrons. The van der Waals surface area contributed by atoms with Crippen LogP contribution in [0.4, 0.5) is 0 Å². The third-order valence-electron chi connectivity index (χ3n) is 4.14. The van der Waals surface area contributed by atoms with Crippen molar-refractivity contribution in [3.05, 3.63) is 41.5 Å². The molecule has 0 unspecified atom stereocenters. The monoisotopic (exact) mass is 253 g/mol. The Balaban J connectivity index is 1.99. The van der Waals surface area contributed by atoms with Gasteiger partial charge in [0.15, 0.2) is 5.52 Å². The van der Waals surface area contributed by atoms with Gasteiger partial charge in [0.2, 0.25) is 11.7 Å². The average molecular weight is 253 g/mol. The molecule has 4 nitrogen and oxygen atoms in total. The van der Waals surface area contributed by atoms with E-state index in [4.69, 9.17) is 0 Å². The first-order valence-corrected chi connectivity index (χ1v) is 6.83. The van der Waals surface area contributed by atoms with Gasteiger partial charge >= 0.3 is 0 Å². The fraction of sp³-hybridized carbons (Fsp3) is 0.333. The van der Waals surface area contributed by atoms with Crippen molar-refractivity contribution in [2.45, 2.75) is 31.6 Å². The molecule has 3 aromatic rings. The molecular formula is C15H15N3O. The smallest absolute Gasteiger partial charge is 0.226 e. The normalized spacial score (nSPS) is 16.6. The number of nitrogens with one attached hydrogen (secondary N) is 1. The minimum atomic E-state index is 0.534. The number of hydrogen-bond donors (Lipinski definition) is 1. The van der Waals surface area contributed by atoms with E-state index in [1.807, 2.05) is 24.3 Å². The Kier molecular flexibility index (Phi) is 2.24. The van der Waals surface area contributed by atoms with E-state index >= 15 is 0 Å². The van der Waals surface area contributed by atoms with Crippen LogP contribution in [-0.2, 0) is 0 Å². The Hall–Kier alpha value is -2.10. The molecule has 1 aromatic carbocycles. The maximum absolute atomic E-state index is 12.0. The highest BCUT2D eigenvalue weighted by Crippen LogP contribution is 2.34. The van der Waals surface area contributed by atoms with Gasteiger partial charge in [-0.25, -0.2) is 4.98 Å². The summed E-state index contributed by atoms with van der Waals surface area (Å²) in [6.45, 7) is 0. The van der Waals surface area contributed by atoms with E-state index < -0.39 is 0 Å². The van der Waals surface area contributed by atoms with Crippen molar-refractivity contribution >= 4 is 21.9 Å². The molecule has 0 aliphatic heterocycles. The number of aromatic nitrogens is 3. The molecule has 19 heavy (non-hydrogen) atoms. The van der Waals surface area contributed by atoms with Crippen molar-refractivity contribution in [3.8, 4) is 0 Å². The van der Waals surface area contributed by atoms with Gasteiger partial charge in [0.1, 0.15) is 5.82 Å². The summed E-state index contributed by atoms with van der Waals surface area (Å²) in [6.07, 6.45) is 6.55. The zero-order chi connectivity index (χ0) is 12.8. The van der Waals surface area contributed by atoms with Crippen LogP contribution < -0.4 is 4.73 Å². The van der Waals surface area contributed by atoms with Gasteiger partial charge in [0.25, 0.3) is 0 Å². The number of imidazole rings is 1. The van der Waals surface area contributed by atoms with E-state index in [9.17, 15) is 5.21 Å². The van der Waals surface area contributed by atoms with Crippen LogP contribution in [0.25, 0.3) is 21.9 Å². The number of H-pyrrole nitrogens is 1. The summed E-state index contributed by atoms with van der Waals surface area (Å²) in [4.78, 5) is 8.07. The summed E-state index contributed by atoms with van der Waals surface area (Å²) in [6, 6.07) is 7.66. The molecule has 1 aliphatic carbocycles. The third kappa shape index (κ3) is 1.59. The summed E-state index contributed by atoms with van der Waals surface area (Å²) in [5.74, 6) is 1.58. The van der Waals surface area contributed by atoms with Gasteiger partial charge in [-0.2, -0.15) is 4.73 Å². The largest absolute Gasteiger partial charge is 0.618 e. The number of benzene rings is 1. The zero-order valence-electron chi connectivity index (χ0n) is 10.6. The van der Waals surface area contributed by atoms with Crippen LogP contribution in [0.5, 0.6) is 0 Å². The second-order valence-corrected chi connectivity index (χ2v) is 5.34. The van der Waals surface area contributed by atoms with Crippen LogP contribution in [0.2, 0.25) is 0 Å². The molecule has 2 aromatic heterocycles. The first kappa shape index (κ1) is 10.8. The van der Waals surface area contributed by atoms with E-state index in [1.54, 1.807) is 6.20 Å². The lowest BCUT2D eigenvalue weighted by Gasteiger charge is -2.02. The highest BCUT2D eigenvalue weighted by molar-refractivity contribution is 6.00. The Morgan fingerprint density at radius 3 is 2.84 bits per heavy atom. The Morgan fingerprint density at radius 2 is 2.00 bits per heavy atom. The molecule has 0 atom stereocenters. The molecule has 1 saturated carbocycles. The van der Waals surface area contributed by atoms with Gasteiger partial charge in [0.05, 0.1) is 10.9 Å². The van der Waals surface area contributed by atoms with Crippen LogP contribution in [0.1, 0.15) is 37.4 Å². The number of para-hydroxylation sites is 1. The maximum atomic E-state index is 12.0. The summed E-state index contributed by atoms with van der Waals surface area (Å²) < 4.78 is 0.914. The minimum absolute atomic E-state index is 0.534. The zero-order valence-corrected chi connectivity index (χ0v) is 10.6. The number of nitrogens with zero attached hydrogens (tertiary/aromatic N) is 2. The number of hydrogen-bond acceptors (Lipinski definition) is 2. The predicted octanol–water partition coefficient (Wildman–Crippen LogP) is 3.01. The maximum Gasteiger partial charge on any atom is 0.226 e. The highest BCUT2D eigenvalue weighted by atomic mass is 16.5. The van der Waals surface area contributed by atoms with E-state index in [0.29, 0.717) is 11.4 Å². The average Bonchev–Trinajstić information content (AvgIpc) is 3.07. The van der Waals surface area contributed by atoms with E-state index in [1.165, 1.54) is 25.7 Å². The van der Waals surface area contributed by atoms with Gasteiger partial charge in [-0.1, -0.05) is 25.0 Å². The van der Waals surface area contributed by atoms with E-state index in [0.717, 1.165) is 27.0 Å². The second kappa shape index (κ2) is 3.95. The summed E-state index contributed by atoms with van der Waals surface area (Å²) in [5.41, 5.74) is 2.46. The summed E-state index contributed by atoms with van der Waals surface area (Å²) >= 11 is 0. The molecule has 4 rings (SSSR count). The second-order valence-electron chi connectivity index (χ2n) is 5.34.